The number of methoxy groups -OCH3 is 1. The number of sulfonamides is 1. The van der Waals surface area contributed by atoms with Crippen LogP contribution < -0.4 is 9.46 Å². The van der Waals surface area contributed by atoms with Gasteiger partial charge in [0.05, 0.1) is 7.11 Å². The number of rotatable bonds is 7. The Labute approximate surface area is 165 Å². The first-order valence-corrected chi connectivity index (χ1v) is 10.4. The molecule has 0 amide bonds. The van der Waals surface area contributed by atoms with Crippen molar-refractivity contribution >= 4 is 10.0 Å². The fourth-order valence-corrected chi connectivity index (χ4v) is 4.03. The van der Waals surface area contributed by atoms with Crippen LogP contribution in [0.3, 0.4) is 0 Å². The molecule has 0 fully saturated rings. The van der Waals surface area contributed by atoms with Crippen molar-refractivity contribution in [3.8, 4) is 17.1 Å². The van der Waals surface area contributed by atoms with E-state index in [-0.39, 0.29) is 11.4 Å². The molecular formula is C21H23N3O3S. The molecule has 0 spiro atoms. The Balaban J connectivity index is 1.67. The van der Waals surface area contributed by atoms with Gasteiger partial charge in [-0.1, -0.05) is 30.3 Å². The van der Waals surface area contributed by atoms with Crippen LogP contribution in [0.25, 0.3) is 11.4 Å². The maximum absolute atomic E-state index is 12.7. The highest BCUT2D eigenvalue weighted by molar-refractivity contribution is 7.89. The molecule has 0 radical (unpaired) electrons. The van der Waals surface area contributed by atoms with Crippen molar-refractivity contribution in [2.75, 3.05) is 13.7 Å². The Morgan fingerprint density at radius 2 is 1.64 bits per heavy atom. The molecule has 6 nitrogen and oxygen atoms in total. The first kappa shape index (κ1) is 20.0. The highest BCUT2D eigenvalue weighted by Crippen LogP contribution is 2.27. The first-order valence-electron chi connectivity index (χ1n) is 8.92. The predicted molar refractivity (Wildman–Crippen MR) is 109 cm³/mol. The molecule has 1 aromatic heterocycles. The van der Waals surface area contributed by atoms with Crippen LogP contribution in [0.2, 0.25) is 0 Å². The zero-order valence-corrected chi connectivity index (χ0v) is 17.0. The molecule has 7 heteroatoms. The van der Waals surface area contributed by atoms with E-state index in [0.717, 1.165) is 22.3 Å². The van der Waals surface area contributed by atoms with Crippen LogP contribution in [0, 0.1) is 13.8 Å². The normalized spacial score (nSPS) is 11.4. The summed E-state index contributed by atoms with van der Waals surface area (Å²) in [7, 11) is -2.21. The van der Waals surface area contributed by atoms with E-state index in [1.165, 1.54) is 7.11 Å². The van der Waals surface area contributed by atoms with Crippen LogP contribution in [0.4, 0.5) is 0 Å². The van der Waals surface area contributed by atoms with Crippen molar-refractivity contribution in [1.82, 2.24) is 14.7 Å². The number of ether oxygens (including phenoxy) is 1. The summed E-state index contributed by atoms with van der Waals surface area (Å²) in [5, 5.41) is 0. The summed E-state index contributed by atoms with van der Waals surface area (Å²) in [5.41, 5.74) is 3.67. The Morgan fingerprint density at radius 3 is 2.29 bits per heavy atom. The molecule has 3 rings (SSSR count). The number of aryl methyl sites for hydroxylation is 2. The second-order valence-electron chi connectivity index (χ2n) is 6.52. The summed E-state index contributed by atoms with van der Waals surface area (Å²) in [6.45, 7) is 4.03. The summed E-state index contributed by atoms with van der Waals surface area (Å²) in [6.07, 6.45) is 3.93. The van der Waals surface area contributed by atoms with E-state index in [1.807, 2.05) is 44.2 Å². The third kappa shape index (κ3) is 4.55. The lowest BCUT2D eigenvalue weighted by atomic mass is 10.1. The van der Waals surface area contributed by atoms with Gasteiger partial charge in [-0.3, -0.25) is 0 Å². The van der Waals surface area contributed by atoms with E-state index < -0.39 is 10.0 Å². The number of nitrogens with zero attached hydrogens (tertiary/aromatic N) is 2. The molecule has 0 aliphatic heterocycles. The maximum atomic E-state index is 12.7. The molecule has 146 valence electrons. The van der Waals surface area contributed by atoms with Crippen LogP contribution >= 0.6 is 0 Å². The van der Waals surface area contributed by atoms with Crippen molar-refractivity contribution in [1.29, 1.82) is 0 Å². The molecule has 0 aliphatic rings. The summed E-state index contributed by atoms with van der Waals surface area (Å²) in [5.74, 6) is 0.982. The van der Waals surface area contributed by atoms with E-state index in [9.17, 15) is 8.42 Å². The molecule has 0 saturated heterocycles. The van der Waals surface area contributed by atoms with E-state index in [0.29, 0.717) is 18.0 Å². The lowest BCUT2D eigenvalue weighted by molar-refractivity contribution is 0.402. The van der Waals surface area contributed by atoms with Crippen LogP contribution in [-0.4, -0.2) is 32.0 Å². The summed E-state index contributed by atoms with van der Waals surface area (Å²) >= 11 is 0. The van der Waals surface area contributed by atoms with Crippen LogP contribution in [0.5, 0.6) is 5.75 Å². The molecule has 0 atom stereocenters. The Hall–Kier alpha value is -2.77. The number of nitrogens with one attached hydrogen (secondary N) is 1. The highest BCUT2D eigenvalue weighted by Gasteiger charge is 2.20. The fourth-order valence-electron chi connectivity index (χ4n) is 2.76. The molecule has 28 heavy (non-hydrogen) atoms. The van der Waals surface area contributed by atoms with Gasteiger partial charge < -0.3 is 4.74 Å². The molecule has 3 aromatic rings. The van der Waals surface area contributed by atoms with Gasteiger partial charge in [0.2, 0.25) is 10.0 Å². The number of aromatic nitrogens is 2. The molecular weight excluding hydrogens is 374 g/mol. The monoisotopic (exact) mass is 397 g/mol. The van der Waals surface area contributed by atoms with Gasteiger partial charge in [-0.25, -0.2) is 23.1 Å². The van der Waals surface area contributed by atoms with Crippen molar-refractivity contribution in [3.05, 3.63) is 71.5 Å². The van der Waals surface area contributed by atoms with Gasteiger partial charge in [0.25, 0.3) is 0 Å². The largest absolute Gasteiger partial charge is 0.495 e. The first-order chi connectivity index (χ1) is 13.4. The van der Waals surface area contributed by atoms with E-state index in [4.69, 9.17) is 4.74 Å². The zero-order valence-electron chi connectivity index (χ0n) is 16.1. The topological polar surface area (TPSA) is 81.2 Å². The number of hydrogen-bond acceptors (Lipinski definition) is 5. The standard InChI is InChI=1S/C21H23N3O3S/c1-15-11-19(27-3)20(12-16(15)2)28(25,26)24-10-9-17-13-22-21(23-14-17)18-7-5-4-6-8-18/h4-8,11-14,24H,9-10H2,1-3H3. The maximum Gasteiger partial charge on any atom is 0.244 e. The Morgan fingerprint density at radius 1 is 1.00 bits per heavy atom. The Kier molecular flexibility index (Phi) is 6.06. The van der Waals surface area contributed by atoms with Crippen LogP contribution in [0.1, 0.15) is 16.7 Å². The van der Waals surface area contributed by atoms with Gasteiger partial charge in [0.1, 0.15) is 10.6 Å². The minimum absolute atomic E-state index is 0.147. The number of benzene rings is 2. The van der Waals surface area contributed by atoms with Gasteiger partial charge in [0, 0.05) is 24.5 Å². The third-order valence-electron chi connectivity index (χ3n) is 4.51. The second kappa shape index (κ2) is 8.50. The lowest BCUT2D eigenvalue weighted by Gasteiger charge is -2.13. The van der Waals surface area contributed by atoms with Gasteiger partial charge in [0.15, 0.2) is 5.82 Å². The SMILES string of the molecule is COc1cc(C)c(C)cc1S(=O)(=O)NCCc1cnc(-c2ccccc2)nc1. The summed E-state index contributed by atoms with van der Waals surface area (Å²) in [6, 6.07) is 13.1. The van der Waals surface area contributed by atoms with E-state index in [1.54, 1.807) is 24.5 Å². The number of hydrogen-bond donors (Lipinski definition) is 1. The van der Waals surface area contributed by atoms with E-state index >= 15 is 0 Å². The summed E-state index contributed by atoms with van der Waals surface area (Å²) in [4.78, 5) is 8.87. The van der Waals surface area contributed by atoms with Crippen molar-refractivity contribution in [2.24, 2.45) is 0 Å². The lowest BCUT2D eigenvalue weighted by Crippen LogP contribution is -2.26. The third-order valence-corrected chi connectivity index (χ3v) is 5.99. The van der Waals surface area contributed by atoms with Crippen molar-refractivity contribution in [3.63, 3.8) is 0 Å². The van der Waals surface area contributed by atoms with Crippen molar-refractivity contribution in [2.45, 2.75) is 25.2 Å². The van der Waals surface area contributed by atoms with Crippen LogP contribution in [-0.2, 0) is 16.4 Å². The molecule has 0 unspecified atom stereocenters. The quantitative estimate of drug-likeness (QED) is 0.662. The van der Waals surface area contributed by atoms with Gasteiger partial charge >= 0.3 is 0 Å². The Bertz CT molecular complexity index is 1050. The van der Waals surface area contributed by atoms with E-state index in [2.05, 4.69) is 14.7 Å². The summed E-state index contributed by atoms with van der Waals surface area (Å²) < 4.78 is 33.2. The second-order valence-corrected chi connectivity index (χ2v) is 8.25. The molecule has 0 bridgehead atoms. The minimum Gasteiger partial charge on any atom is -0.495 e. The average Bonchev–Trinajstić information content (AvgIpc) is 2.70. The molecule has 1 N–H and O–H groups in total. The molecule has 2 aromatic carbocycles. The molecule has 0 saturated carbocycles. The van der Waals surface area contributed by atoms with Gasteiger partial charge in [-0.15, -0.1) is 0 Å². The highest BCUT2D eigenvalue weighted by atomic mass is 32.2. The molecule has 1 heterocycles. The average molecular weight is 398 g/mol. The van der Waals surface area contributed by atoms with Crippen molar-refractivity contribution < 1.29 is 13.2 Å². The smallest absolute Gasteiger partial charge is 0.244 e. The molecule has 0 aliphatic carbocycles. The van der Waals surface area contributed by atoms with Gasteiger partial charge in [-0.2, -0.15) is 0 Å². The van der Waals surface area contributed by atoms with Gasteiger partial charge in [-0.05, 0) is 49.1 Å². The minimum atomic E-state index is -3.68. The fraction of sp³-hybridized carbons (Fsp3) is 0.238. The predicted octanol–water partition coefficient (Wildman–Crippen LogP) is 3.29. The zero-order chi connectivity index (χ0) is 20.1. The van der Waals surface area contributed by atoms with Crippen LogP contribution in [0.15, 0.2) is 59.8 Å².